The van der Waals surface area contributed by atoms with Crippen LogP contribution in [0.2, 0.25) is 5.28 Å². The molecule has 1 saturated carbocycles. The molecule has 1 aliphatic rings. The average molecular weight is 270 g/mol. The van der Waals surface area contributed by atoms with Gasteiger partial charge in [-0.15, -0.1) is 10.2 Å². The van der Waals surface area contributed by atoms with Crippen molar-refractivity contribution < 1.29 is 8.78 Å². The second-order valence-electron chi connectivity index (χ2n) is 4.49. The lowest BCUT2D eigenvalue weighted by Crippen LogP contribution is -2.04. The molecule has 0 aliphatic heterocycles. The molecule has 1 aromatic heterocycles. The lowest BCUT2D eigenvalue weighted by atomic mass is 10.2. The third-order valence-electron chi connectivity index (χ3n) is 3.06. The SMILES string of the molecule is Cc1cc(F)c(-n2c(Cl)nnc2C2CC2)cc1F. The molecular formula is C12H10ClF2N3. The fraction of sp³-hybridized carbons (Fsp3) is 0.333. The Labute approximate surface area is 107 Å². The zero-order chi connectivity index (χ0) is 12.9. The van der Waals surface area contributed by atoms with Crippen LogP contribution in [0.25, 0.3) is 5.69 Å². The average Bonchev–Trinajstić information content (AvgIpc) is 3.09. The second kappa shape index (κ2) is 4.02. The minimum Gasteiger partial charge on any atom is -0.266 e. The molecule has 0 unspecified atom stereocenters. The summed E-state index contributed by atoms with van der Waals surface area (Å²) in [6.45, 7) is 1.51. The molecule has 0 N–H and O–H groups in total. The number of nitrogens with zero attached hydrogens (tertiary/aromatic N) is 3. The molecule has 0 radical (unpaired) electrons. The normalized spacial score (nSPS) is 15.1. The van der Waals surface area contributed by atoms with E-state index < -0.39 is 11.6 Å². The largest absolute Gasteiger partial charge is 0.266 e. The van der Waals surface area contributed by atoms with Crippen LogP contribution in [0.4, 0.5) is 8.78 Å². The van der Waals surface area contributed by atoms with Crippen molar-refractivity contribution in [3.8, 4) is 5.69 Å². The van der Waals surface area contributed by atoms with Crippen molar-refractivity contribution in [1.29, 1.82) is 0 Å². The molecule has 6 heteroatoms. The third kappa shape index (κ3) is 1.79. The standard InChI is InChI=1S/C12H10ClF2N3/c1-6-4-9(15)10(5-8(6)14)18-11(7-2-3-7)16-17-12(18)13/h4-5,7H,2-3H2,1H3. The highest BCUT2D eigenvalue weighted by molar-refractivity contribution is 6.28. The molecule has 94 valence electrons. The van der Waals surface area contributed by atoms with E-state index in [0.717, 1.165) is 25.0 Å². The molecule has 0 bridgehead atoms. The zero-order valence-electron chi connectivity index (χ0n) is 9.62. The van der Waals surface area contributed by atoms with Crippen molar-refractivity contribution in [2.45, 2.75) is 25.7 Å². The van der Waals surface area contributed by atoms with Crippen molar-refractivity contribution >= 4 is 11.6 Å². The third-order valence-corrected chi connectivity index (χ3v) is 3.30. The molecule has 0 spiro atoms. The molecule has 1 heterocycles. The van der Waals surface area contributed by atoms with Crippen LogP contribution in [0.1, 0.15) is 30.1 Å². The van der Waals surface area contributed by atoms with Crippen LogP contribution < -0.4 is 0 Å². The quantitative estimate of drug-likeness (QED) is 0.837. The summed E-state index contributed by atoms with van der Waals surface area (Å²) in [5.41, 5.74) is 0.323. The first-order valence-electron chi connectivity index (χ1n) is 5.64. The monoisotopic (exact) mass is 269 g/mol. The lowest BCUT2D eigenvalue weighted by molar-refractivity contribution is 0.583. The summed E-state index contributed by atoms with van der Waals surface area (Å²) in [6.07, 6.45) is 1.95. The maximum atomic E-state index is 13.9. The van der Waals surface area contributed by atoms with E-state index in [1.54, 1.807) is 0 Å². The Balaban J connectivity index is 2.20. The van der Waals surface area contributed by atoms with E-state index in [-0.39, 0.29) is 22.5 Å². The summed E-state index contributed by atoms with van der Waals surface area (Å²) in [7, 11) is 0. The molecule has 1 aromatic carbocycles. The summed E-state index contributed by atoms with van der Waals surface area (Å²) in [6, 6.07) is 2.28. The summed E-state index contributed by atoms with van der Waals surface area (Å²) < 4.78 is 28.9. The van der Waals surface area contributed by atoms with E-state index in [4.69, 9.17) is 11.6 Å². The molecule has 1 aliphatic carbocycles. The van der Waals surface area contributed by atoms with E-state index >= 15 is 0 Å². The highest BCUT2D eigenvalue weighted by Gasteiger charge is 2.31. The van der Waals surface area contributed by atoms with Crippen LogP contribution in [0.5, 0.6) is 0 Å². The first kappa shape index (κ1) is 11.6. The molecular weight excluding hydrogens is 260 g/mol. The first-order valence-corrected chi connectivity index (χ1v) is 6.02. The summed E-state index contributed by atoms with van der Waals surface area (Å²) >= 11 is 5.92. The number of rotatable bonds is 2. The van der Waals surface area contributed by atoms with E-state index in [2.05, 4.69) is 10.2 Å². The lowest BCUT2D eigenvalue weighted by Gasteiger charge is -2.09. The number of aryl methyl sites for hydroxylation is 1. The Kier molecular flexibility index (Phi) is 2.59. The predicted molar refractivity (Wildman–Crippen MR) is 63.0 cm³/mol. The predicted octanol–water partition coefficient (Wildman–Crippen LogP) is 3.38. The summed E-state index contributed by atoms with van der Waals surface area (Å²) in [5, 5.41) is 7.73. The van der Waals surface area contributed by atoms with Gasteiger partial charge < -0.3 is 0 Å². The Morgan fingerprint density at radius 1 is 1.22 bits per heavy atom. The Morgan fingerprint density at radius 3 is 2.61 bits per heavy atom. The second-order valence-corrected chi connectivity index (χ2v) is 4.83. The Bertz CT molecular complexity index is 620. The molecule has 3 nitrogen and oxygen atoms in total. The van der Waals surface area contributed by atoms with Gasteiger partial charge in [-0.25, -0.2) is 8.78 Å². The van der Waals surface area contributed by atoms with Gasteiger partial charge in [-0.2, -0.15) is 0 Å². The number of aromatic nitrogens is 3. The van der Waals surface area contributed by atoms with Crippen molar-refractivity contribution in [2.75, 3.05) is 0 Å². The molecule has 18 heavy (non-hydrogen) atoms. The van der Waals surface area contributed by atoms with E-state index in [0.29, 0.717) is 5.82 Å². The number of hydrogen-bond donors (Lipinski definition) is 0. The highest BCUT2D eigenvalue weighted by atomic mass is 35.5. The summed E-state index contributed by atoms with van der Waals surface area (Å²) in [5.74, 6) is -0.161. The first-order chi connectivity index (χ1) is 8.58. The van der Waals surface area contributed by atoms with Crippen LogP contribution in [-0.4, -0.2) is 14.8 Å². The molecule has 2 aromatic rings. The molecule has 0 saturated heterocycles. The van der Waals surface area contributed by atoms with Gasteiger partial charge in [0.25, 0.3) is 0 Å². The fourth-order valence-electron chi connectivity index (χ4n) is 1.91. The Hall–Kier alpha value is -1.49. The van der Waals surface area contributed by atoms with Crippen LogP contribution >= 0.6 is 11.6 Å². The maximum Gasteiger partial charge on any atom is 0.229 e. The molecule has 0 atom stereocenters. The van der Waals surface area contributed by atoms with Gasteiger partial charge in [0.2, 0.25) is 5.28 Å². The minimum atomic E-state index is -0.530. The Morgan fingerprint density at radius 2 is 1.94 bits per heavy atom. The highest BCUT2D eigenvalue weighted by Crippen LogP contribution is 2.41. The van der Waals surface area contributed by atoms with Crippen molar-refractivity contribution in [3.63, 3.8) is 0 Å². The van der Waals surface area contributed by atoms with Gasteiger partial charge in [-0.1, -0.05) is 0 Å². The van der Waals surface area contributed by atoms with Crippen molar-refractivity contribution in [3.05, 3.63) is 40.4 Å². The van der Waals surface area contributed by atoms with Gasteiger partial charge in [0.15, 0.2) is 0 Å². The fourth-order valence-corrected chi connectivity index (χ4v) is 2.13. The molecule has 3 rings (SSSR count). The maximum absolute atomic E-state index is 13.9. The van der Waals surface area contributed by atoms with Gasteiger partial charge in [0.1, 0.15) is 17.5 Å². The van der Waals surface area contributed by atoms with Crippen LogP contribution in [-0.2, 0) is 0 Å². The van der Waals surface area contributed by atoms with E-state index in [9.17, 15) is 8.78 Å². The van der Waals surface area contributed by atoms with E-state index in [1.165, 1.54) is 11.5 Å². The molecule has 1 fully saturated rings. The van der Waals surface area contributed by atoms with Gasteiger partial charge in [-0.3, -0.25) is 4.57 Å². The van der Waals surface area contributed by atoms with Crippen LogP contribution in [0.15, 0.2) is 12.1 Å². The number of halogens is 3. The topological polar surface area (TPSA) is 30.7 Å². The van der Waals surface area contributed by atoms with Gasteiger partial charge >= 0.3 is 0 Å². The van der Waals surface area contributed by atoms with Crippen molar-refractivity contribution in [1.82, 2.24) is 14.8 Å². The van der Waals surface area contributed by atoms with Gasteiger partial charge in [0, 0.05) is 12.0 Å². The number of hydrogen-bond acceptors (Lipinski definition) is 2. The van der Waals surface area contributed by atoms with Gasteiger partial charge in [0.05, 0.1) is 5.69 Å². The van der Waals surface area contributed by atoms with Gasteiger partial charge in [-0.05, 0) is 43.0 Å². The van der Waals surface area contributed by atoms with Crippen LogP contribution in [0, 0.1) is 18.6 Å². The molecule has 0 amide bonds. The van der Waals surface area contributed by atoms with E-state index in [1.807, 2.05) is 0 Å². The van der Waals surface area contributed by atoms with Crippen LogP contribution in [0.3, 0.4) is 0 Å². The van der Waals surface area contributed by atoms with Crippen molar-refractivity contribution in [2.24, 2.45) is 0 Å². The minimum absolute atomic E-state index is 0.0547. The summed E-state index contributed by atoms with van der Waals surface area (Å²) in [4.78, 5) is 0. The number of benzene rings is 1. The zero-order valence-corrected chi connectivity index (χ0v) is 10.4. The smallest absolute Gasteiger partial charge is 0.229 e.